The van der Waals surface area contributed by atoms with Gasteiger partial charge >= 0.3 is 0 Å². The van der Waals surface area contributed by atoms with E-state index in [4.69, 9.17) is 10.7 Å². The normalized spacial score (nSPS) is 12.1. The predicted molar refractivity (Wildman–Crippen MR) is 43.8 cm³/mol. The fourth-order valence-corrected chi connectivity index (χ4v) is 1.51. The maximum Gasteiger partial charge on any atom is 0.263 e. The van der Waals surface area contributed by atoms with E-state index in [9.17, 15) is 8.42 Å². The SMILES string of the molecule is O=S(=O)(Cl)c1cnn2cnnc2c1. The van der Waals surface area contributed by atoms with Crippen LogP contribution in [0.4, 0.5) is 0 Å². The Morgan fingerprint density at radius 3 is 2.92 bits per heavy atom. The summed E-state index contributed by atoms with van der Waals surface area (Å²) in [6.45, 7) is 0. The van der Waals surface area contributed by atoms with E-state index in [0.29, 0.717) is 5.65 Å². The van der Waals surface area contributed by atoms with Crippen molar-refractivity contribution in [3.63, 3.8) is 0 Å². The van der Waals surface area contributed by atoms with Gasteiger partial charge in [-0.3, -0.25) is 0 Å². The molecule has 0 N–H and O–H groups in total. The van der Waals surface area contributed by atoms with E-state index in [0.717, 1.165) is 6.20 Å². The summed E-state index contributed by atoms with van der Waals surface area (Å²) in [5, 5.41) is 10.9. The lowest BCUT2D eigenvalue weighted by Crippen LogP contribution is -1.96. The van der Waals surface area contributed by atoms with Crippen LogP contribution in [0.25, 0.3) is 5.65 Å². The van der Waals surface area contributed by atoms with Crippen LogP contribution >= 0.6 is 10.7 Å². The Labute approximate surface area is 77.6 Å². The lowest BCUT2D eigenvalue weighted by atomic mass is 10.6. The van der Waals surface area contributed by atoms with Gasteiger partial charge in [-0.2, -0.15) is 5.10 Å². The Hall–Kier alpha value is -1.21. The molecule has 68 valence electrons. The van der Waals surface area contributed by atoms with Gasteiger partial charge in [0.05, 0.1) is 6.20 Å². The second-order valence-electron chi connectivity index (χ2n) is 2.26. The highest BCUT2D eigenvalue weighted by Gasteiger charge is 2.11. The van der Waals surface area contributed by atoms with Gasteiger partial charge in [0.15, 0.2) is 5.65 Å². The van der Waals surface area contributed by atoms with Crippen LogP contribution < -0.4 is 0 Å². The number of nitrogens with zero attached hydrogens (tertiary/aromatic N) is 4. The quantitative estimate of drug-likeness (QED) is 0.632. The van der Waals surface area contributed by atoms with Crippen molar-refractivity contribution in [3.8, 4) is 0 Å². The Morgan fingerprint density at radius 2 is 2.23 bits per heavy atom. The third-order valence-electron chi connectivity index (χ3n) is 1.42. The van der Waals surface area contributed by atoms with E-state index in [1.54, 1.807) is 0 Å². The molecule has 0 unspecified atom stereocenters. The van der Waals surface area contributed by atoms with Crippen LogP contribution in [0.1, 0.15) is 0 Å². The van der Waals surface area contributed by atoms with Gasteiger partial charge in [-0.1, -0.05) is 0 Å². The molecule has 0 aliphatic carbocycles. The lowest BCUT2D eigenvalue weighted by Gasteiger charge is -1.94. The van der Waals surface area contributed by atoms with E-state index in [-0.39, 0.29) is 4.90 Å². The third kappa shape index (κ3) is 1.47. The Bertz CT molecular complexity index is 548. The van der Waals surface area contributed by atoms with E-state index in [2.05, 4.69) is 15.3 Å². The second kappa shape index (κ2) is 2.64. The van der Waals surface area contributed by atoms with Crippen molar-refractivity contribution in [2.45, 2.75) is 4.90 Å². The van der Waals surface area contributed by atoms with Gasteiger partial charge < -0.3 is 0 Å². The maximum absolute atomic E-state index is 10.9. The Kier molecular flexibility index (Phi) is 1.70. The number of fused-ring (bicyclic) bond motifs is 1. The van der Waals surface area contributed by atoms with Gasteiger partial charge in [-0.25, -0.2) is 12.9 Å². The van der Waals surface area contributed by atoms with Crippen LogP contribution in [0.3, 0.4) is 0 Å². The second-order valence-corrected chi connectivity index (χ2v) is 4.83. The van der Waals surface area contributed by atoms with Crippen molar-refractivity contribution >= 4 is 25.4 Å². The number of rotatable bonds is 1. The average Bonchev–Trinajstić information content (AvgIpc) is 2.47. The highest BCUT2D eigenvalue weighted by atomic mass is 35.7. The highest BCUT2D eigenvalue weighted by Crippen LogP contribution is 2.13. The molecule has 0 saturated heterocycles. The molecule has 13 heavy (non-hydrogen) atoms. The maximum atomic E-state index is 10.9. The molecule has 0 amide bonds. The molecule has 0 atom stereocenters. The summed E-state index contributed by atoms with van der Waals surface area (Å²) in [4.78, 5) is -0.0883. The zero-order chi connectivity index (χ0) is 9.47. The summed E-state index contributed by atoms with van der Waals surface area (Å²) in [6.07, 6.45) is 2.50. The summed E-state index contributed by atoms with van der Waals surface area (Å²) in [5.74, 6) is 0. The van der Waals surface area contributed by atoms with Crippen molar-refractivity contribution in [2.75, 3.05) is 0 Å². The van der Waals surface area contributed by atoms with E-state index < -0.39 is 9.05 Å². The molecule has 0 aliphatic rings. The molecule has 2 heterocycles. The first-order valence-electron chi connectivity index (χ1n) is 3.18. The summed E-state index contributed by atoms with van der Waals surface area (Å²) < 4.78 is 23.1. The molecule has 2 aromatic heterocycles. The topological polar surface area (TPSA) is 77.2 Å². The number of hydrogen-bond donors (Lipinski definition) is 0. The van der Waals surface area contributed by atoms with E-state index in [1.165, 1.54) is 16.9 Å². The Morgan fingerprint density at radius 1 is 1.46 bits per heavy atom. The molecule has 2 aromatic rings. The van der Waals surface area contributed by atoms with Gasteiger partial charge in [0.25, 0.3) is 9.05 Å². The zero-order valence-corrected chi connectivity index (χ0v) is 7.70. The van der Waals surface area contributed by atoms with Crippen molar-refractivity contribution in [1.29, 1.82) is 0 Å². The van der Waals surface area contributed by atoms with Crippen LogP contribution in [0.5, 0.6) is 0 Å². The molecule has 0 aliphatic heterocycles. The lowest BCUT2D eigenvalue weighted by molar-refractivity contribution is 0.608. The van der Waals surface area contributed by atoms with Gasteiger partial charge in [0.2, 0.25) is 0 Å². The van der Waals surface area contributed by atoms with Crippen LogP contribution in [0, 0.1) is 0 Å². The van der Waals surface area contributed by atoms with Crippen molar-refractivity contribution < 1.29 is 8.42 Å². The standard InChI is InChI=1S/C5H3ClN4O2S/c6-13(11,12)4-1-5-9-7-3-10(5)8-2-4/h1-3H. The monoisotopic (exact) mass is 218 g/mol. The number of halogens is 1. The molecular formula is C5H3ClN4O2S. The smallest absolute Gasteiger partial charge is 0.207 e. The molecule has 0 fully saturated rings. The highest BCUT2D eigenvalue weighted by molar-refractivity contribution is 8.13. The van der Waals surface area contributed by atoms with Crippen LogP contribution in [-0.2, 0) is 9.05 Å². The molecular weight excluding hydrogens is 216 g/mol. The minimum absolute atomic E-state index is 0.0883. The van der Waals surface area contributed by atoms with Crippen LogP contribution in [-0.4, -0.2) is 28.2 Å². The molecule has 2 rings (SSSR count). The molecule has 8 heteroatoms. The van der Waals surface area contributed by atoms with Gasteiger partial charge in [0, 0.05) is 16.7 Å². The van der Waals surface area contributed by atoms with Crippen molar-refractivity contribution in [2.24, 2.45) is 0 Å². The van der Waals surface area contributed by atoms with E-state index in [1.807, 2.05) is 0 Å². The number of aromatic nitrogens is 4. The Balaban J connectivity index is 2.75. The first-order valence-corrected chi connectivity index (χ1v) is 5.49. The minimum Gasteiger partial charge on any atom is -0.207 e. The van der Waals surface area contributed by atoms with Crippen LogP contribution in [0.15, 0.2) is 23.5 Å². The first kappa shape index (κ1) is 8.39. The molecule has 0 aromatic carbocycles. The zero-order valence-electron chi connectivity index (χ0n) is 6.12. The average molecular weight is 219 g/mol. The fourth-order valence-electron chi connectivity index (χ4n) is 0.840. The molecule has 0 radical (unpaired) electrons. The molecule has 0 saturated carbocycles. The number of hydrogen-bond acceptors (Lipinski definition) is 5. The molecule has 0 bridgehead atoms. The summed E-state index contributed by atoms with van der Waals surface area (Å²) in [6, 6.07) is 1.29. The van der Waals surface area contributed by atoms with Crippen molar-refractivity contribution in [1.82, 2.24) is 19.8 Å². The summed E-state index contributed by atoms with van der Waals surface area (Å²) >= 11 is 0. The fraction of sp³-hybridized carbons (Fsp3) is 0. The largest absolute Gasteiger partial charge is 0.263 e. The summed E-state index contributed by atoms with van der Waals surface area (Å²) in [7, 11) is 1.36. The molecule has 0 spiro atoms. The first-order chi connectivity index (χ1) is 6.07. The minimum atomic E-state index is -3.74. The third-order valence-corrected chi connectivity index (χ3v) is 2.74. The van der Waals surface area contributed by atoms with Crippen LogP contribution in [0.2, 0.25) is 0 Å². The molecule has 6 nitrogen and oxygen atoms in total. The van der Waals surface area contributed by atoms with Gasteiger partial charge in [0.1, 0.15) is 11.2 Å². The summed E-state index contributed by atoms with van der Waals surface area (Å²) in [5.41, 5.74) is 0.335. The predicted octanol–water partition coefficient (Wildman–Crippen LogP) is 0.0518. The van der Waals surface area contributed by atoms with E-state index >= 15 is 0 Å². The van der Waals surface area contributed by atoms with Gasteiger partial charge in [-0.05, 0) is 0 Å². The van der Waals surface area contributed by atoms with Crippen molar-refractivity contribution in [3.05, 3.63) is 18.6 Å². The van der Waals surface area contributed by atoms with Gasteiger partial charge in [-0.15, -0.1) is 10.2 Å².